The maximum absolute atomic E-state index is 10.2. The fourth-order valence-corrected chi connectivity index (χ4v) is 3.73. The van der Waals surface area contributed by atoms with Gasteiger partial charge in [-0.05, 0) is 25.2 Å². The van der Waals surface area contributed by atoms with Crippen LogP contribution < -0.4 is 0 Å². The minimum atomic E-state index is -0.404. The second-order valence-electron chi connectivity index (χ2n) is 6.54. The highest BCUT2D eigenvalue weighted by Gasteiger charge is 2.47. The van der Waals surface area contributed by atoms with Gasteiger partial charge in [-0.15, -0.1) is 0 Å². The van der Waals surface area contributed by atoms with Crippen LogP contribution in [0.25, 0.3) is 0 Å². The van der Waals surface area contributed by atoms with E-state index >= 15 is 0 Å². The molecule has 1 aliphatic carbocycles. The predicted molar refractivity (Wildman–Crippen MR) is 81.9 cm³/mol. The topological polar surface area (TPSA) is 69.9 Å². The summed E-state index contributed by atoms with van der Waals surface area (Å²) in [5, 5.41) is 29.2. The number of unbranched alkanes of at least 4 members (excludes halogenated alkanes) is 2. The molecule has 0 bridgehead atoms. The van der Waals surface area contributed by atoms with Crippen LogP contribution in [0, 0.1) is 11.8 Å². The van der Waals surface area contributed by atoms with Gasteiger partial charge in [-0.25, -0.2) is 0 Å². The Morgan fingerprint density at radius 3 is 2.81 bits per heavy atom. The van der Waals surface area contributed by atoms with Crippen LogP contribution in [0.3, 0.4) is 0 Å². The Morgan fingerprint density at radius 2 is 2.10 bits per heavy atom. The number of hydrogen-bond acceptors (Lipinski definition) is 4. The minimum absolute atomic E-state index is 0.0829. The summed E-state index contributed by atoms with van der Waals surface area (Å²) in [5.41, 5.74) is 0. The van der Waals surface area contributed by atoms with Crippen molar-refractivity contribution < 1.29 is 20.1 Å². The molecule has 1 unspecified atom stereocenters. The Balaban J connectivity index is 1.84. The number of ether oxygens (including phenoxy) is 1. The maximum atomic E-state index is 10.2. The number of aliphatic hydroxyl groups is 3. The molecule has 21 heavy (non-hydrogen) atoms. The lowest BCUT2D eigenvalue weighted by molar-refractivity contribution is 0.0169. The average molecular weight is 298 g/mol. The molecule has 1 aliphatic heterocycles. The van der Waals surface area contributed by atoms with Crippen molar-refractivity contribution >= 4 is 0 Å². The molecule has 0 aromatic heterocycles. The summed E-state index contributed by atoms with van der Waals surface area (Å²) in [4.78, 5) is 0. The van der Waals surface area contributed by atoms with Gasteiger partial charge in [0.1, 0.15) is 0 Å². The molecule has 0 amide bonds. The van der Waals surface area contributed by atoms with Gasteiger partial charge in [0.05, 0.1) is 24.4 Å². The van der Waals surface area contributed by atoms with E-state index in [9.17, 15) is 10.2 Å². The maximum Gasteiger partial charge on any atom is 0.0721 e. The Labute approximate surface area is 127 Å². The number of fused-ring (bicyclic) bond motifs is 1. The molecule has 0 aromatic rings. The first-order chi connectivity index (χ1) is 10.2. The third kappa shape index (κ3) is 4.52. The van der Waals surface area contributed by atoms with Crippen molar-refractivity contribution in [1.82, 2.24) is 0 Å². The summed E-state index contributed by atoms with van der Waals surface area (Å²) in [6.45, 7) is 2.31. The van der Waals surface area contributed by atoms with Crippen LogP contribution in [0.15, 0.2) is 12.2 Å². The Bertz CT molecular complexity index is 331. The van der Waals surface area contributed by atoms with E-state index in [-0.39, 0.29) is 30.8 Å². The Hall–Kier alpha value is -0.420. The van der Waals surface area contributed by atoms with Crippen LogP contribution in [0.5, 0.6) is 0 Å². The van der Waals surface area contributed by atoms with Crippen molar-refractivity contribution in [2.45, 2.75) is 76.3 Å². The molecule has 6 atom stereocenters. The van der Waals surface area contributed by atoms with E-state index in [1.165, 1.54) is 0 Å². The molecule has 0 spiro atoms. The minimum Gasteiger partial charge on any atom is -0.396 e. The van der Waals surface area contributed by atoms with Crippen LogP contribution in [-0.2, 0) is 4.74 Å². The molecule has 3 N–H and O–H groups in total. The van der Waals surface area contributed by atoms with E-state index < -0.39 is 6.10 Å². The highest BCUT2D eigenvalue weighted by Crippen LogP contribution is 2.44. The first-order valence-electron chi connectivity index (χ1n) is 8.46. The molecule has 1 heterocycles. The second kappa shape index (κ2) is 8.28. The molecular weight excluding hydrogens is 268 g/mol. The lowest BCUT2D eigenvalue weighted by Gasteiger charge is -2.17. The summed E-state index contributed by atoms with van der Waals surface area (Å²) < 4.78 is 5.90. The zero-order chi connectivity index (χ0) is 15.2. The van der Waals surface area contributed by atoms with Gasteiger partial charge in [-0.1, -0.05) is 38.3 Å². The zero-order valence-corrected chi connectivity index (χ0v) is 13.0. The fraction of sp³-hybridized carbons (Fsp3) is 0.882. The molecule has 1 saturated carbocycles. The average Bonchev–Trinajstić information content (AvgIpc) is 2.94. The van der Waals surface area contributed by atoms with Gasteiger partial charge in [0, 0.05) is 18.9 Å². The molecule has 2 aliphatic rings. The normalized spacial score (nSPS) is 37.2. The van der Waals surface area contributed by atoms with Crippen LogP contribution in [0.1, 0.15) is 51.9 Å². The molecule has 4 nitrogen and oxygen atoms in total. The highest BCUT2D eigenvalue weighted by molar-refractivity contribution is 5.07. The summed E-state index contributed by atoms with van der Waals surface area (Å²) in [6.07, 6.45) is 9.73. The van der Waals surface area contributed by atoms with Gasteiger partial charge in [-0.2, -0.15) is 0 Å². The molecule has 0 radical (unpaired) electrons. The summed E-state index contributed by atoms with van der Waals surface area (Å²) in [6, 6.07) is 0. The molecule has 2 fully saturated rings. The van der Waals surface area contributed by atoms with Gasteiger partial charge in [-0.3, -0.25) is 0 Å². The first-order valence-corrected chi connectivity index (χ1v) is 8.46. The van der Waals surface area contributed by atoms with Crippen molar-refractivity contribution in [3.05, 3.63) is 12.2 Å². The smallest absolute Gasteiger partial charge is 0.0721 e. The SMILES string of the molecule is CCCCC[C@H](O)/C=C/[C@@H]1[C@H]2CC(CCO)O[C@H]2C[C@H]1O. The van der Waals surface area contributed by atoms with Crippen LogP contribution in [-0.4, -0.2) is 46.3 Å². The van der Waals surface area contributed by atoms with E-state index in [1.807, 2.05) is 12.2 Å². The van der Waals surface area contributed by atoms with Gasteiger partial charge >= 0.3 is 0 Å². The lowest BCUT2D eigenvalue weighted by atomic mass is 9.89. The van der Waals surface area contributed by atoms with E-state index in [0.717, 1.165) is 32.1 Å². The lowest BCUT2D eigenvalue weighted by Crippen LogP contribution is -2.19. The third-order valence-electron chi connectivity index (χ3n) is 4.90. The van der Waals surface area contributed by atoms with Gasteiger partial charge < -0.3 is 20.1 Å². The standard InChI is InChI=1S/C17H30O4/c1-2-3-4-5-12(19)6-7-14-15-10-13(8-9-18)21-17(15)11-16(14)20/h6-7,12-20H,2-5,8-11H2,1H3/b7-6+/t12-,13?,14+,15+,16+,17-/m0/s1. The molecule has 122 valence electrons. The number of rotatable bonds is 8. The zero-order valence-electron chi connectivity index (χ0n) is 13.0. The quantitative estimate of drug-likeness (QED) is 0.474. The van der Waals surface area contributed by atoms with Crippen LogP contribution in [0.2, 0.25) is 0 Å². The van der Waals surface area contributed by atoms with Gasteiger partial charge in [0.2, 0.25) is 0 Å². The molecule has 4 heteroatoms. The number of aliphatic hydroxyl groups excluding tert-OH is 3. The van der Waals surface area contributed by atoms with Crippen LogP contribution >= 0.6 is 0 Å². The van der Waals surface area contributed by atoms with Gasteiger partial charge in [0.15, 0.2) is 0 Å². The third-order valence-corrected chi connectivity index (χ3v) is 4.90. The Morgan fingerprint density at radius 1 is 1.29 bits per heavy atom. The predicted octanol–water partition coefficient (Wildman–Crippen LogP) is 2.02. The highest BCUT2D eigenvalue weighted by atomic mass is 16.5. The van der Waals surface area contributed by atoms with Crippen molar-refractivity contribution in [2.24, 2.45) is 11.8 Å². The second-order valence-corrected chi connectivity index (χ2v) is 6.54. The molecule has 0 aromatic carbocycles. The van der Waals surface area contributed by atoms with E-state index in [1.54, 1.807) is 0 Å². The van der Waals surface area contributed by atoms with E-state index in [4.69, 9.17) is 9.84 Å². The van der Waals surface area contributed by atoms with E-state index in [2.05, 4.69) is 6.92 Å². The van der Waals surface area contributed by atoms with Crippen LogP contribution in [0.4, 0.5) is 0 Å². The molecule has 2 rings (SSSR count). The number of hydrogen-bond donors (Lipinski definition) is 3. The van der Waals surface area contributed by atoms with Crippen molar-refractivity contribution in [2.75, 3.05) is 6.61 Å². The van der Waals surface area contributed by atoms with Crippen molar-refractivity contribution in [3.8, 4) is 0 Å². The summed E-state index contributed by atoms with van der Waals surface area (Å²) in [5.74, 6) is 0.412. The Kier molecular flexibility index (Phi) is 6.68. The van der Waals surface area contributed by atoms with Crippen molar-refractivity contribution in [3.63, 3.8) is 0 Å². The molecular formula is C17H30O4. The largest absolute Gasteiger partial charge is 0.396 e. The summed E-state index contributed by atoms with van der Waals surface area (Å²) in [7, 11) is 0. The molecule has 1 saturated heterocycles. The van der Waals surface area contributed by atoms with Crippen molar-refractivity contribution in [1.29, 1.82) is 0 Å². The van der Waals surface area contributed by atoms with E-state index in [0.29, 0.717) is 18.8 Å². The first kappa shape index (κ1) is 16.9. The summed E-state index contributed by atoms with van der Waals surface area (Å²) >= 11 is 0. The fourth-order valence-electron chi connectivity index (χ4n) is 3.73. The monoisotopic (exact) mass is 298 g/mol. The van der Waals surface area contributed by atoms with Gasteiger partial charge in [0.25, 0.3) is 0 Å².